The molecule has 2 N–H and O–H groups in total. The van der Waals surface area contributed by atoms with Gasteiger partial charge in [0.05, 0.1) is 12.1 Å². The molecule has 4 heteroatoms. The fraction of sp³-hybridized carbons (Fsp3) is 0.538. The lowest BCUT2D eigenvalue weighted by molar-refractivity contribution is -0.154. The lowest BCUT2D eigenvalue weighted by atomic mass is 10.1. The molecular weight excluding hydrogens is 216 g/mol. The van der Waals surface area contributed by atoms with Crippen molar-refractivity contribution in [3.63, 3.8) is 0 Å². The summed E-state index contributed by atoms with van der Waals surface area (Å²) >= 11 is 0. The van der Waals surface area contributed by atoms with Crippen molar-refractivity contribution in [2.24, 2.45) is 5.73 Å². The molecule has 17 heavy (non-hydrogen) atoms. The molecular formula is C13H20N2O2. The lowest BCUT2D eigenvalue weighted by Crippen LogP contribution is -2.24. The van der Waals surface area contributed by atoms with Crippen molar-refractivity contribution in [3.8, 4) is 0 Å². The molecule has 0 radical (unpaired) electrons. The van der Waals surface area contributed by atoms with Gasteiger partial charge in [0.2, 0.25) is 0 Å². The molecule has 1 aromatic heterocycles. The first-order valence-corrected chi connectivity index (χ1v) is 5.77. The molecule has 1 heterocycles. The summed E-state index contributed by atoms with van der Waals surface area (Å²) in [5, 5.41) is 0. The second-order valence-electron chi connectivity index (χ2n) is 4.91. The SMILES string of the molecule is CC(C)(C)OC(=O)CCc1cccc(CN)n1. The van der Waals surface area contributed by atoms with Crippen LogP contribution in [-0.2, 0) is 22.5 Å². The summed E-state index contributed by atoms with van der Waals surface area (Å²) in [6, 6.07) is 5.67. The number of rotatable bonds is 4. The van der Waals surface area contributed by atoms with E-state index in [1.54, 1.807) is 0 Å². The number of carbonyl (C=O) groups excluding carboxylic acids is 1. The van der Waals surface area contributed by atoms with Crippen LogP contribution in [0.25, 0.3) is 0 Å². The van der Waals surface area contributed by atoms with Crippen molar-refractivity contribution < 1.29 is 9.53 Å². The number of aromatic nitrogens is 1. The van der Waals surface area contributed by atoms with Crippen LogP contribution in [0.15, 0.2) is 18.2 Å². The normalized spacial score (nSPS) is 11.3. The average Bonchev–Trinajstić information content (AvgIpc) is 2.24. The summed E-state index contributed by atoms with van der Waals surface area (Å²) in [4.78, 5) is 15.8. The standard InChI is InChI=1S/C13H20N2O2/c1-13(2,3)17-12(16)8-7-10-5-4-6-11(9-14)15-10/h4-6H,7-9,14H2,1-3H3. The topological polar surface area (TPSA) is 65.2 Å². The van der Waals surface area contributed by atoms with Gasteiger partial charge in [0, 0.05) is 18.7 Å². The van der Waals surface area contributed by atoms with Gasteiger partial charge in [-0.15, -0.1) is 0 Å². The molecule has 0 aliphatic heterocycles. The van der Waals surface area contributed by atoms with Crippen LogP contribution in [0.3, 0.4) is 0 Å². The monoisotopic (exact) mass is 236 g/mol. The zero-order chi connectivity index (χ0) is 12.9. The van der Waals surface area contributed by atoms with Crippen LogP contribution in [0.4, 0.5) is 0 Å². The van der Waals surface area contributed by atoms with Gasteiger partial charge in [-0.25, -0.2) is 0 Å². The van der Waals surface area contributed by atoms with Crippen molar-refractivity contribution in [1.82, 2.24) is 4.98 Å². The molecule has 1 aromatic rings. The smallest absolute Gasteiger partial charge is 0.306 e. The predicted molar refractivity (Wildman–Crippen MR) is 66.3 cm³/mol. The maximum Gasteiger partial charge on any atom is 0.306 e. The van der Waals surface area contributed by atoms with E-state index in [2.05, 4.69) is 4.98 Å². The van der Waals surface area contributed by atoms with Crippen LogP contribution >= 0.6 is 0 Å². The van der Waals surface area contributed by atoms with Gasteiger partial charge in [0.1, 0.15) is 5.60 Å². The first-order valence-electron chi connectivity index (χ1n) is 5.77. The van der Waals surface area contributed by atoms with Crippen molar-refractivity contribution in [3.05, 3.63) is 29.6 Å². The molecule has 0 saturated heterocycles. The number of nitrogens with zero attached hydrogens (tertiary/aromatic N) is 1. The molecule has 0 fully saturated rings. The van der Waals surface area contributed by atoms with Gasteiger partial charge in [-0.3, -0.25) is 9.78 Å². The van der Waals surface area contributed by atoms with Crippen LogP contribution in [0.1, 0.15) is 38.6 Å². The minimum atomic E-state index is -0.427. The third-order valence-corrected chi connectivity index (χ3v) is 2.08. The Morgan fingerprint density at radius 1 is 1.35 bits per heavy atom. The van der Waals surface area contributed by atoms with E-state index in [1.807, 2.05) is 39.0 Å². The molecule has 1 rings (SSSR count). The highest BCUT2D eigenvalue weighted by atomic mass is 16.6. The maximum absolute atomic E-state index is 11.5. The van der Waals surface area contributed by atoms with Crippen LogP contribution in [-0.4, -0.2) is 16.6 Å². The Hall–Kier alpha value is -1.42. The molecule has 0 atom stereocenters. The predicted octanol–water partition coefficient (Wildman–Crippen LogP) is 1.81. The summed E-state index contributed by atoms with van der Waals surface area (Å²) in [6.45, 7) is 5.99. The zero-order valence-corrected chi connectivity index (χ0v) is 10.7. The van der Waals surface area contributed by atoms with Crippen LogP contribution in [0.2, 0.25) is 0 Å². The number of pyridine rings is 1. The Kier molecular flexibility index (Phi) is 4.63. The van der Waals surface area contributed by atoms with E-state index in [4.69, 9.17) is 10.5 Å². The van der Waals surface area contributed by atoms with E-state index in [0.717, 1.165) is 11.4 Å². The Balaban J connectivity index is 2.47. The highest BCUT2D eigenvalue weighted by molar-refractivity contribution is 5.70. The van der Waals surface area contributed by atoms with E-state index in [1.165, 1.54) is 0 Å². The Bertz CT molecular complexity index is 383. The van der Waals surface area contributed by atoms with Crippen LogP contribution in [0, 0.1) is 0 Å². The van der Waals surface area contributed by atoms with Gasteiger partial charge < -0.3 is 10.5 Å². The molecule has 0 spiro atoms. The van der Waals surface area contributed by atoms with Gasteiger partial charge in [-0.05, 0) is 32.9 Å². The number of carbonyl (C=O) groups is 1. The van der Waals surface area contributed by atoms with Gasteiger partial charge in [0.25, 0.3) is 0 Å². The Labute approximate surface area is 102 Å². The molecule has 0 aliphatic rings. The number of esters is 1. The number of aryl methyl sites for hydroxylation is 1. The van der Waals surface area contributed by atoms with E-state index in [0.29, 0.717) is 19.4 Å². The van der Waals surface area contributed by atoms with Crippen LogP contribution in [0.5, 0.6) is 0 Å². The van der Waals surface area contributed by atoms with Crippen molar-refractivity contribution in [2.45, 2.75) is 45.8 Å². The van der Waals surface area contributed by atoms with Gasteiger partial charge in [-0.2, -0.15) is 0 Å². The van der Waals surface area contributed by atoms with E-state index >= 15 is 0 Å². The summed E-state index contributed by atoms with van der Waals surface area (Å²) in [5.41, 5.74) is 6.79. The molecule has 0 saturated carbocycles. The van der Waals surface area contributed by atoms with Crippen molar-refractivity contribution >= 4 is 5.97 Å². The van der Waals surface area contributed by atoms with Crippen molar-refractivity contribution in [2.75, 3.05) is 0 Å². The summed E-state index contributed by atoms with van der Waals surface area (Å²) in [5.74, 6) is -0.197. The van der Waals surface area contributed by atoms with Gasteiger partial charge in [0.15, 0.2) is 0 Å². The number of hydrogen-bond acceptors (Lipinski definition) is 4. The van der Waals surface area contributed by atoms with Gasteiger partial charge >= 0.3 is 5.97 Å². The second kappa shape index (κ2) is 5.77. The lowest BCUT2D eigenvalue weighted by Gasteiger charge is -2.19. The molecule has 0 unspecified atom stereocenters. The highest BCUT2D eigenvalue weighted by Crippen LogP contribution is 2.10. The first-order chi connectivity index (χ1) is 7.90. The number of hydrogen-bond donors (Lipinski definition) is 1. The van der Waals surface area contributed by atoms with Gasteiger partial charge in [-0.1, -0.05) is 6.07 Å². The summed E-state index contributed by atoms with van der Waals surface area (Å²) in [7, 11) is 0. The second-order valence-corrected chi connectivity index (χ2v) is 4.91. The minimum absolute atomic E-state index is 0.197. The average molecular weight is 236 g/mol. The highest BCUT2D eigenvalue weighted by Gasteiger charge is 2.16. The zero-order valence-electron chi connectivity index (χ0n) is 10.7. The molecule has 0 aromatic carbocycles. The molecule has 0 aliphatic carbocycles. The number of nitrogens with two attached hydrogens (primary N) is 1. The van der Waals surface area contributed by atoms with Crippen LogP contribution < -0.4 is 5.73 Å². The summed E-state index contributed by atoms with van der Waals surface area (Å²) in [6.07, 6.45) is 0.932. The fourth-order valence-electron chi connectivity index (χ4n) is 1.40. The summed E-state index contributed by atoms with van der Waals surface area (Å²) < 4.78 is 5.22. The maximum atomic E-state index is 11.5. The quantitative estimate of drug-likeness (QED) is 0.810. The third-order valence-electron chi connectivity index (χ3n) is 2.08. The molecule has 0 amide bonds. The fourth-order valence-corrected chi connectivity index (χ4v) is 1.40. The number of ether oxygens (including phenoxy) is 1. The minimum Gasteiger partial charge on any atom is -0.460 e. The van der Waals surface area contributed by atoms with Crippen molar-refractivity contribution in [1.29, 1.82) is 0 Å². The molecule has 0 bridgehead atoms. The van der Waals surface area contributed by atoms with E-state index in [-0.39, 0.29) is 5.97 Å². The first kappa shape index (κ1) is 13.6. The Morgan fingerprint density at radius 3 is 2.59 bits per heavy atom. The molecule has 94 valence electrons. The Morgan fingerprint density at radius 2 is 2.00 bits per heavy atom. The third kappa shape index (κ3) is 5.45. The van der Waals surface area contributed by atoms with E-state index < -0.39 is 5.60 Å². The largest absolute Gasteiger partial charge is 0.460 e. The molecule has 4 nitrogen and oxygen atoms in total. The van der Waals surface area contributed by atoms with E-state index in [9.17, 15) is 4.79 Å².